The van der Waals surface area contributed by atoms with E-state index in [2.05, 4.69) is 12.1 Å². The van der Waals surface area contributed by atoms with Gasteiger partial charge < -0.3 is 9.64 Å². The van der Waals surface area contributed by atoms with Crippen molar-refractivity contribution < 1.29 is 9.53 Å². The third-order valence-electron chi connectivity index (χ3n) is 4.69. The second kappa shape index (κ2) is 6.16. The summed E-state index contributed by atoms with van der Waals surface area (Å²) in [6.07, 6.45) is 1.56. The molecule has 1 amide bonds. The fourth-order valence-corrected chi connectivity index (χ4v) is 3.36. The fourth-order valence-electron chi connectivity index (χ4n) is 3.36. The van der Waals surface area contributed by atoms with E-state index in [4.69, 9.17) is 11.8 Å². The van der Waals surface area contributed by atoms with Crippen molar-refractivity contribution in [2.75, 3.05) is 39.4 Å². The number of morpholine rings is 1. The van der Waals surface area contributed by atoms with Gasteiger partial charge in [0.1, 0.15) is 0 Å². The number of benzene rings is 1. The molecule has 4 heteroatoms. The zero-order valence-electron chi connectivity index (χ0n) is 12.3. The predicted octanol–water partition coefficient (Wildman–Crippen LogP) is 1.55. The third kappa shape index (κ3) is 2.83. The zero-order valence-corrected chi connectivity index (χ0v) is 12.3. The van der Waals surface area contributed by atoms with E-state index < -0.39 is 5.41 Å². The molecule has 2 saturated heterocycles. The molecule has 0 bridgehead atoms. The summed E-state index contributed by atoms with van der Waals surface area (Å²) in [5.74, 6) is 0.241. The van der Waals surface area contributed by atoms with Crippen molar-refractivity contribution in [2.45, 2.75) is 18.3 Å². The van der Waals surface area contributed by atoms with Crippen molar-refractivity contribution in [3.05, 3.63) is 42.9 Å². The van der Waals surface area contributed by atoms with Gasteiger partial charge in [-0.15, -0.1) is 0 Å². The number of carbonyl (C=O) groups excluding carboxylic acids is 1. The van der Waals surface area contributed by atoms with Crippen LogP contribution in [0.3, 0.4) is 0 Å². The van der Waals surface area contributed by atoms with Gasteiger partial charge in [-0.1, -0.05) is 30.3 Å². The smallest absolute Gasteiger partial charge is 0.233 e. The van der Waals surface area contributed by atoms with E-state index in [1.165, 1.54) is 0 Å². The average molecular weight is 286 g/mol. The topological polar surface area (TPSA) is 32.8 Å². The largest absolute Gasteiger partial charge is 0.378 e. The van der Waals surface area contributed by atoms with Gasteiger partial charge in [-0.05, 0) is 31.5 Å². The normalized spacial score (nSPS) is 23.0. The van der Waals surface area contributed by atoms with E-state index in [1.54, 1.807) is 0 Å². The molecule has 2 aliphatic rings. The van der Waals surface area contributed by atoms with Crippen molar-refractivity contribution in [3.8, 4) is 0 Å². The van der Waals surface area contributed by atoms with Crippen LogP contribution < -0.4 is 0 Å². The second-order valence-corrected chi connectivity index (χ2v) is 5.89. The van der Waals surface area contributed by atoms with E-state index in [0.29, 0.717) is 26.3 Å². The lowest BCUT2D eigenvalue weighted by Crippen LogP contribution is -2.54. The van der Waals surface area contributed by atoms with Gasteiger partial charge >= 0.3 is 0 Å². The Morgan fingerprint density at radius 3 is 2.29 bits per heavy atom. The van der Waals surface area contributed by atoms with Crippen molar-refractivity contribution in [1.82, 2.24) is 9.80 Å². The summed E-state index contributed by atoms with van der Waals surface area (Å²) in [5.41, 5.74) is 0.698. The SMILES string of the molecule is [CH]N1CCC(C(=O)N2CCOCC2)(c2ccccc2)CC1. The molecule has 0 saturated carbocycles. The molecule has 2 fully saturated rings. The van der Waals surface area contributed by atoms with Crippen LogP contribution in [0.5, 0.6) is 0 Å². The number of likely N-dealkylation sites (tertiary alicyclic amines) is 1. The first-order chi connectivity index (χ1) is 10.2. The van der Waals surface area contributed by atoms with E-state index in [1.807, 2.05) is 28.0 Å². The summed E-state index contributed by atoms with van der Waals surface area (Å²) in [4.78, 5) is 17.0. The Kier molecular flexibility index (Phi) is 4.27. The van der Waals surface area contributed by atoms with Crippen LogP contribution >= 0.6 is 0 Å². The van der Waals surface area contributed by atoms with Crippen molar-refractivity contribution in [2.24, 2.45) is 0 Å². The summed E-state index contributed by atoms with van der Waals surface area (Å²) >= 11 is 0. The number of hydrogen-bond acceptors (Lipinski definition) is 3. The van der Waals surface area contributed by atoms with Crippen LogP contribution in [0.15, 0.2) is 30.3 Å². The molecule has 1 aromatic rings. The van der Waals surface area contributed by atoms with Gasteiger partial charge in [-0.2, -0.15) is 0 Å². The highest BCUT2D eigenvalue weighted by atomic mass is 16.5. The monoisotopic (exact) mass is 286 g/mol. The maximum Gasteiger partial charge on any atom is 0.233 e. The van der Waals surface area contributed by atoms with Gasteiger partial charge in [-0.3, -0.25) is 9.69 Å². The first-order valence-corrected chi connectivity index (χ1v) is 7.65. The summed E-state index contributed by atoms with van der Waals surface area (Å²) in [6.45, 7) is 4.18. The number of ether oxygens (including phenoxy) is 1. The number of amides is 1. The lowest BCUT2D eigenvalue weighted by molar-refractivity contribution is -0.143. The Balaban J connectivity index is 1.90. The lowest BCUT2D eigenvalue weighted by atomic mass is 9.71. The average Bonchev–Trinajstić information content (AvgIpc) is 2.57. The lowest BCUT2D eigenvalue weighted by Gasteiger charge is -2.43. The highest BCUT2D eigenvalue weighted by Crippen LogP contribution is 2.37. The molecular weight excluding hydrogens is 264 g/mol. The standard InChI is InChI=1S/C17H22N2O2/c1-18-9-7-17(8-10-18,15-5-3-2-4-6-15)16(20)19-11-13-21-14-12-19/h1-6H,7-14H2. The summed E-state index contributed by atoms with van der Waals surface area (Å²) < 4.78 is 5.37. The van der Waals surface area contributed by atoms with Crippen molar-refractivity contribution in [3.63, 3.8) is 0 Å². The molecule has 0 spiro atoms. The van der Waals surface area contributed by atoms with E-state index >= 15 is 0 Å². The van der Waals surface area contributed by atoms with E-state index in [0.717, 1.165) is 31.5 Å². The molecule has 0 atom stereocenters. The molecule has 2 aliphatic heterocycles. The molecule has 1 aromatic carbocycles. The van der Waals surface area contributed by atoms with Gasteiger partial charge in [-0.25, -0.2) is 0 Å². The molecule has 3 rings (SSSR count). The summed E-state index contributed by atoms with van der Waals surface area (Å²) in [6, 6.07) is 10.2. The van der Waals surface area contributed by atoms with Gasteiger partial charge in [0.2, 0.25) is 5.91 Å². The van der Waals surface area contributed by atoms with Crippen LogP contribution in [0.2, 0.25) is 0 Å². The van der Waals surface area contributed by atoms with Crippen LogP contribution in [0.25, 0.3) is 0 Å². The molecule has 2 heterocycles. The quantitative estimate of drug-likeness (QED) is 0.827. The van der Waals surface area contributed by atoms with Gasteiger partial charge in [0, 0.05) is 20.1 Å². The highest BCUT2D eigenvalue weighted by Gasteiger charge is 2.44. The predicted molar refractivity (Wildman–Crippen MR) is 80.6 cm³/mol. The second-order valence-electron chi connectivity index (χ2n) is 5.89. The van der Waals surface area contributed by atoms with Crippen LogP contribution in [0, 0.1) is 7.05 Å². The molecule has 0 aliphatic carbocycles. The minimum atomic E-state index is -0.422. The first kappa shape index (κ1) is 14.5. The Hall–Kier alpha value is -1.39. The maximum atomic E-state index is 13.2. The highest BCUT2D eigenvalue weighted by molar-refractivity contribution is 5.88. The van der Waals surface area contributed by atoms with Crippen LogP contribution in [-0.2, 0) is 14.9 Å². The first-order valence-electron chi connectivity index (χ1n) is 7.65. The Morgan fingerprint density at radius 1 is 1.05 bits per heavy atom. The zero-order chi connectivity index (χ0) is 14.7. The number of rotatable bonds is 2. The molecule has 4 nitrogen and oxygen atoms in total. The van der Waals surface area contributed by atoms with Crippen molar-refractivity contribution >= 4 is 5.91 Å². The van der Waals surface area contributed by atoms with Gasteiger partial charge in [0.05, 0.1) is 18.6 Å². The molecular formula is C17H22N2O2. The van der Waals surface area contributed by atoms with Crippen molar-refractivity contribution in [1.29, 1.82) is 0 Å². The molecule has 2 radical (unpaired) electrons. The molecule has 0 aromatic heterocycles. The third-order valence-corrected chi connectivity index (χ3v) is 4.69. The molecule has 0 N–H and O–H groups in total. The number of hydrogen-bond donors (Lipinski definition) is 0. The van der Waals surface area contributed by atoms with Crippen LogP contribution in [0.4, 0.5) is 0 Å². The maximum absolute atomic E-state index is 13.2. The minimum Gasteiger partial charge on any atom is -0.378 e. The Labute approximate surface area is 126 Å². The van der Waals surface area contributed by atoms with E-state index in [-0.39, 0.29) is 5.91 Å². The number of carbonyl (C=O) groups is 1. The summed E-state index contributed by atoms with van der Waals surface area (Å²) in [5, 5.41) is 0. The van der Waals surface area contributed by atoms with E-state index in [9.17, 15) is 4.79 Å². The van der Waals surface area contributed by atoms with Gasteiger partial charge in [0.15, 0.2) is 0 Å². The minimum absolute atomic E-state index is 0.241. The molecule has 112 valence electrons. The summed E-state index contributed by atoms with van der Waals surface area (Å²) in [7, 11) is 5.90. The van der Waals surface area contributed by atoms with Gasteiger partial charge in [0.25, 0.3) is 0 Å². The number of piperidine rings is 1. The Morgan fingerprint density at radius 2 is 1.67 bits per heavy atom. The molecule has 21 heavy (non-hydrogen) atoms. The van der Waals surface area contributed by atoms with Crippen LogP contribution in [-0.4, -0.2) is 55.1 Å². The fraction of sp³-hybridized carbons (Fsp3) is 0.529. The van der Waals surface area contributed by atoms with Crippen LogP contribution in [0.1, 0.15) is 18.4 Å². The number of nitrogens with zero attached hydrogens (tertiary/aromatic N) is 2. The molecule has 0 unspecified atom stereocenters. The Bertz CT molecular complexity index is 475.